The average Bonchev–Trinajstić information content (AvgIpc) is 2.72. The first kappa shape index (κ1) is 22.3. The van der Waals surface area contributed by atoms with Crippen LogP contribution in [0.4, 0.5) is 0 Å². The van der Waals surface area contributed by atoms with Crippen LogP contribution >= 0.6 is 0 Å². The summed E-state index contributed by atoms with van der Waals surface area (Å²) in [5, 5.41) is 8.94. The van der Waals surface area contributed by atoms with Gasteiger partial charge in [0.25, 0.3) is 0 Å². The summed E-state index contributed by atoms with van der Waals surface area (Å²) in [7, 11) is 0. The standard InChI is InChI=1S/C27H28O4/c1-18-5-4-6-22(13-18)17-31-24-11-7-19(2)25(16-24)26(28)12-10-23-9-8-21(14-20(23)3)15-27(29)30/h4-9,11,13-14,16H,10,12,15,17H2,1-3H3,(H,29,30). The number of rotatable bonds is 9. The molecule has 0 aromatic heterocycles. The Balaban J connectivity index is 1.64. The van der Waals surface area contributed by atoms with E-state index in [1.807, 2.05) is 75.4 Å². The summed E-state index contributed by atoms with van der Waals surface area (Å²) in [5.41, 5.74) is 6.74. The number of aryl methyl sites for hydroxylation is 4. The number of aliphatic carboxylic acids is 1. The molecule has 0 radical (unpaired) electrons. The molecular formula is C27H28O4. The van der Waals surface area contributed by atoms with Crippen molar-refractivity contribution in [3.63, 3.8) is 0 Å². The summed E-state index contributed by atoms with van der Waals surface area (Å²) in [6.45, 7) is 6.40. The minimum Gasteiger partial charge on any atom is -0.489 e. The minimum atomic E-state index is -0.845. The van der Waals surface area contributed by atoms with Crippen LogP contribution in [0.25, 0.3) is 0 Å². The third-order valence-corrected chi connectivity index (χ3v) is 5.38. The Hall–Kier alpha value is -3.40. The first-order chi connectivity index (χ1) is 14.8. The molecule has 3 rings (SSSR count). The number of ether oxygens (including phenoxy) is 1. The van der Waals surface area contributed by atoms with Gasteiger partial charge in [-0.3, -0.25) is 9.59 Å². The fourth-order valence-corrected chi connectivity index (χ4v) is 3.67. The molecule has 0 amide bonds. The predicted molar refractivity (Wildman–Crippen MR) is 122 cm³/mol. The van der Waals surface area contributed by atoms with Gasteiger partial charge >= 0.3 is 5.97 Å². The normalized spacial score (nSPS) is 10.7. The maximum Gasteiger partial charge on any atom is 0.307 e. The second-order valence-corrected chi connectivity index (χ2v) is 8.01. The van der Waals surface area contributed by atoms with Crippen LogP contribution < -0.4 is 4.74 Å². The summed E-state index contributed by atoms with van der Waals surface area (Å²) >= 11 is 0. The monoisotopic (exact) mass is 416 g/mol. The maximum absolute atomic E-state index is 12.9. The lowest BCUT2D eigenvalue weighted by atomic mass is 9.96. The molecule has 0 unspecified atom stereocenters. The van der Waals surface area contributed by atoms with Crippen molar-refractivity contribution in [3.05, 3.63) is 99.6 Å². The Kier molecular flexibility index (Phi) is 7.24. The van der Waals surface area contributed by atoms with E-state index < -0.39 is 5.97 Å². The van der Waals surface area contributed by atoms with Gasteiger partial charge in [-0.05, 0) is 67.1 Å². The highest BCUT2D eigenvalue weighted by atomic mass is 16.5. The molecule has 0 heterocycles. The molecule has 31 heavy (non-hydrogen) atoms. The van der Waals surface area contributed by atoms with E-state index in [1.165, 1.54) is 5.56 Å². The third kappa shape index (κ3) is 6.29. The van der Waals surface area contributed by atoms with Crippen LogP contribution in [-0.4, -0.2) is 16.9 Å². The molecule has 0 spiro atoms. The lowest BCUT2D eigenvalue weighted by Crippen LogP contribution is -2.06. The summed E-state index contributed by atoms with van der Waals surface area (Å²) in [5.74, 6) is -0.0838. The van der Waals surface area contributed by atoms with Crippen molar-refractivity contribution in [2.24, 2.45) is 0 Å². The number of carbonyl (C=O) groups excluding carboxylic acids is 1. The van der Waals surface area contributed by atoms with E-state index in [9.17, 15) is 9.59 Å². The highest BCUT2D eigenvalue weighted by Gasteiger charge is 2.12. The number of ketones is 1. The van der Waals surface area contributed by atoms with Crippen molar-refractivity contribution in [2.45, 2.75) is 46.6 Å². The summed E-state index contributed by atoms with van der Waals surface area (Å²) in [4.78, 5) is 23.8. The molecule has 4 nitrogen and oxygen atoms in total. The van der Waals surface area contributed by atoms with Gasteiger partial charge in [0.1, 0.15) is 12.4 Å². The van der Waals surface area contributed by atoms with Crippen molar-refractivity contribution in [1.29, 1.82) is 0 Å². The number of carbonyl (C=O) groups is 2. The Morgan fingerprint density at radius 3 is 2.39 bits per heavy atom. The van der Waals surface area contributed by atoms with E-state index in [-0.39, 0.29) is 12.2 Å². The average molecular weight is 417 g/mol. The number of hydrogen-bond acceptors (Lipinski definition) is 3. The van der Waals surface area contributed by atoms with Crippen LogP contribution in [0.3, 0.4) is 0 Å². The van der Waals surface area contributed by atoms with Gasteiger partial charge in [-0.1, -0.05) is 54.1 Å². The Morgan fingerprint density at radius 1 is 0.871 bits per heavy atom. The fourth-order valence-electron chi connectivity index (χ4n) is 3.67. The molecule has 3 aromatic carbocycles. The van der Waals surface area contributed by atoms with E-state index in [1.54, 1.807) is 0 Å². The molecule has 0 aliphatic rings. The largest absolute Gasteiger partial charge is 0.489 e. The third-order valence-electron chi connectivity index (χ3n) is 5.38. The van der Waals surface area contributed by atoms with Gasteiger partial charge in [0, 0.05) is 12.0 Å². The number of Topliss-reactive ketones (excluding diaryl/α,β-unsaturated/α-hetero) is 1. The van der Waals surface area contributed by atoms with Crippen molar-refractivity contribution in [2.75, 3.05) is 0 Å². The predicted octanol–water partition coefficient (Wildman–Crippen LogP) is 5.63. The second-order valence-electron chi connectivity index (χ2n) is 8.01. The first-order valence-electron chi connectivity index (χ1n) is 10.4. The zero-order valence-corrected chi connectivity index (χ0v) is 18.3. The van der Waals surface area contributed by atoms with Crippen molar-refractivity contribution in [1.82, 2.24) is 0 Å². The van der Waals surface area contributed by atoms with Crippen LogP contribution in [0.5, 0.6) is 5.75 Å². The highest BCUT2D eigenvalue weighted by molar-refractivity contribution is 5.98. The van der Waals surface area contributed by atoms with Gasteiger partial charge in [-0.2, -0.15) is 0 Å². The van der Waals surface area contributed by atoms with Gasteiger partial charge < -0.3 is 9.84 Å². The number of carboxylic acid groups (broad SMARTS) is 1. The zero-order valence-electron chi connectivity index (χ0n) is 18.3. The molecule has 0 saturated carbocycles. The van der Waals surface area contributed by atoms with Gasteiger partial charge in [-0.25, -0.2) is 0 Å². The second kappa shape index (κ2) is 10.1. The maximum atomic E-state index is 12.9. The highest BCUT2D eigenvalue weighted by Crippen LogP contribution is 2.22. The van der Waals surface area contributed by atoms with Crippen molar-refractivity contribution in [3.8, 4) is 5.75 Å². The van der Waals surface area contributed by atoms with Gasteiger partial charge in [0.15, 0.2) is 5.78 Å². The minimum absolute atomic E-state index is 0.00852. The molecule has 0 bridgehead atoms. The fraction of sp³-hybridized carbons (Fsp3) is 0.259. The molecule has 160 valence electrons. The van der Waals surface area contributed by atoms with Crippen LogP contribution in [-0.2, 0) is 24.2 Å². The van der Waals surface area contributed by atoms with Crippen LogP contribution in [0, 0.1) is 20.8 Å². The summed E-state index contributed by atoms with van der Waals surface area (Å²) < 4.78 is 5.92. The Labute approximate surface area is 183 Å². The van der Waals surface area contributed by atoms with Gasteiger partial charge in [0.2, 0.25) is 0 Å². The zero-order chi connectivity index (χ0) is 22.4. The molecular weight excluding hydrogens is 388 g/mol. The molecule has 3 aromatic rings. The van der Waals surface area contributed by atoms with E-state index in [2.05, 4.69) is 6.07 Å². The van der Waals surface area contributed by atoms with E-state index in [0.717, 1.165) is 27.8 Å². The molecule has 4 heteroatoms. The SMILES string of the molecule is Cc1cccc(COc2ccc(C)c(C(=O)CCc3ccc(CC(=O)O)cc3C)c2)c1. The molecule has 1 N–H and O–H groups in total. The first-order valence-corrected chi connectivity index (χ1v) is 10.4. The van der Waals surface area contributed by atoms with E-state index >= 15 is 0 Å². The van der Waals surface area contributed by atoms with E-state index in [0.29, 0.717) is 30.8 Å². The quantitative estimate of drug-likeness (QED) is 0.459. The van der Waals surface area contributed by atoms with Crippen LogP contribution in [0.2, 0.25) is 0 Å². The summed E-state index contributed by atoms with van der Waals surface area (Å²) in [6.07, 6.45) is 1.02. The topological polar surface area (TPSA) is 63.6 Å². The van der Waals surface area contributed by atoms with Gasteiger partial charge in [0.05, 0.1) is 6.42 Å². The summed E-state index contributed by atoms with van der Waals surface area (Å²) in [6, 6.07) is 19.5. The van der Waals surface area contributed by atoms with Crippen LogP contribution in [0.15, 0.2) is 60.7 Å². The number of benzene rings is 3. The Morgan fingerprint density at radius 2 is 1.68 bits per heavy atom. The molecule has 0 atom stereocenters. The number of hydrogen-bond donors (Lipinski definition) is 1. The van der Waals surface area contributed by atoms with Crippen molar-refractivity contribution < 1.29 is 19.4 Å². The molecule has 0 aliphatic carbocycles. The molecule has 0 fully saturated rings. The molecule has 0 aliphatic heterocycles. The van der Waals surface area contributed by atoms with E-state index in [4.69, 9.17) is 9.84 Å². The van der Waals surface area contributed by atoms with Crippen LogP contribution in [0.1, 0.15) is 50.2 Å². The smallest absolute Gasteiger partial charge is 0.307 e. The number of carboxylic acids is 1. The molecule has 0 saturated heterocycles. The lowest BCUT2D eigenvalue weighted by molar-refractivity contribution is -0.136. The Bertz CT molecular complexity index is 1100. The van der Waals surface area contributed by atoms with Crippen molar-refractivity contribution >= 4 is 11.8 Å². The lowest BCUT2D eigenvalue weighted by Gasteiger charge is -2.11. The van der Waals surface area contributed by atoms with Gasteiger partial charge in [-0.15, -0.1) is 0 Å².